The fourth-order valence-electron chi connectivity index (χ4n) is 1.92. The number of nitrogens with zero attached hydrogens (tertiary/aromatic N) is 1. The summed E-state index contributed by atoms with van der Waals surface area (Å²) in [6.45, 7) is 5.42. The van der Waals surface area contributed by atoms with Gasteiger partial charge in [0.1, 0.15) is 5.03 Å². The van der Waals surface area contributed by atoms with Crippen LogP contribution in [0.1, 0.15) is 25.8 Å². The number of nitrogens with one attached hydrogen (secondary N) is 1. The van der Waals surface area contributed by atoms with Gasteiger partial charge in [-0.05, 0) is 30.7 Å². The van der Waals surface area contributed by atoms with Gasteiger partial charge in [-0.3, -0.25) is 0 Å². The van der Waals surface area contributed by atoms with Crippen molar-refractivity contribution < 1.29 is 0 Å². The van der Waals surface area contributed by atoms with E-state index in [-0.39, 0.29) is 0 Å². The predicted octanol–water partition coefficient (Wildman–Crippen LogP) is 4.09. The van der Waals surface area contributed by atoms with Crippen molar-refractivity contribution in [2.75, 3.05) is 12.8 Å². The molecule has 0 aliphatic heterocycles. The number of thioether (sulfide) groups is 1. The van der Waals surface area contributed by atoms with Gasteiger partial charge in [0.2, 0.25) is 0 Å². The molecule has 0 fully saturated rings. The van der Waals surface area contributed by atoms with Gasteiger partial charge in [0, 0.05) is 17.7 Å². The van der Waals surface area contributed by atoms with E-state index >= 15 is 0 Å². The molecule has 0 saturated carbocycles. The Morgan fingerprint density at radius 2 is 2.11 bits per heavy atom. The van der Waals surface area contributed by atoms with Crippen molar-refractivity contribution in [2.45, 2.75) is 31.8 Å². The van der Waals surface area contributed by atoms with Crippen LogP contribution in [0.2, 0.25) is 0 Å². The van der Waals surface area contributed by atoms with Crippen LogP contribution in [0.3, 0.4) is 0 Å². The Hall–Kier alpha value is -1.06. The molecule has 102 valence electrons. The summed E-state index contributed by atoms with van der Waals surface area (Å²) in [7, 11) is 1.98. The first-order chi connectivity index (χ1) is 9.24. The Kier molecular flexibility index (Phi) is 5.23. The highest BCUT2D eigenvalue weighted by Gasteiger charge is 2.08. The molecule has 0 amide bonds. The molecule has 1 N–H and O–H groups in total. The Bertz CT molecular complexity index is 539. The average molecular weight is 274 g/mol. The van der Waals surface area contributed by atoms with Crippen molar-refractivity contribution in [1.82, 2.24) is 10.3 Å². The van der Waals surface area contributed by atoms with Crippen molar-refractivity contribution in [3.63, 3.8) is 0 Å². The summed E-state index contributed by atoms with van der Waals surface area (Å²) in [5, 5.41) is 5.63. The highest BCUT2D eigenvalue weighted by atomic mass is 32.2. The zero-order chi connectivity index (χ0) is 13.7. The first kappa shape index (κ1) is 14.4. The van der Waals surface area contributed by atoms with E-state index < -0.39 is 0 Å². The SMILES string of the molecule is CCC(C)CSc1nc2ccccc2cc1CNC. The zero-order valence-electron chi connectivity index (χ0n) is 11.9. The summed E-state index contributed by atoms with van der Waals surface area (Å²) in [5.41, 5.74) is 2.39. The first-order valence-electron chi connectivity index (χ1n) is 6.90. The molecule has 2 nitrogen and oxygen atoms in total. The second kappa shape index (κ2) is 6.92. The van der Waals surface area contributed by atoms with Crippen LogP contribution in [0.25, 0.3) is 10.9 Å². The molecule has 19 heavy (non-hydrogen) atoms. The number of rotatable bonds is 6. The van der Waals surface area contributed by atoms with Crippen LogP contribution in [-0.2, 0) is 6.54 Å². The third-order valence-electron chi connectivity index (χ3n) is 3.33. The molecule has 2 rings (SSSR count). The van der Waals surface area contributed by atoms with Gasteiger partial charge in [0.25, 0.3) is 0 Å². The van der Waals surface area contributed by atoms with Crippen LogP contribution >= 0.6 is 11.8 Å². The summed E-state index contributed by atoms with van der Waals surface area (Å²) in [6, 6.07) is 10.6. The number of fused-ring (bicyclic) bond motifs is 1. The van der Waals surface area contributed by atoms with Gasteiger partial charge in [-0.1, -0.05) is 38.5 Å². The number of pyridine rings is 1. The molecule has 0 aliphatic rings. The lowest BCUT2D eigenvalue weighted by Gasteiger charge is -2.12. The van der Waals surface area contributed by atoms with Crippen LogP contribution < -0.4 is 5.32 Å². The number of benzene rings is 1. The molecule has 3 heteroatoms. The number of aromatic nitrogens is 1. The van der Waals surface area contributed by atoms with Crippen molar-refractivity contribution >= 4 is 22.7 Å². The number of para-hydroxylation sites is 1. The van der Waals surface area contributed by atoms with Crippen LogP contribution in [0.4, 0.5) is 0 Å². The minimum Gasteiger partial charge on any atom is -0.316 e. The lowest BCUT2D eigenvalue weighted by molar-refractivity contribution is 0.636. The quantitative estimate of drug-likeness (QED) is 0.803. The monoisotopic (exact) mass is 274 g/mol. The van der Waals surface area contributed by atoms with Crippen LogP contribution in [0.15, 0.2) is 35.4 Å². The van der Waals surface area contributed by atoms with E-state index in [2.05, 4.69) is 49.5 Å². The van der Waals surface area contributed by atoms with Crippen molar-refractivity contribution in [3.05, 3.63) is 35.9 Å². The van der Waals surface area contributed by atoms with Crippen LogP contribution in [0.5, 0.6) is 0 Å². The summed E-state index contributed by atoms with van der Waals surface area (Å²) >= 11 is 1.88. The molecule has 1 heterocycles. The highest BCUT2D eigenvalue weighted by Crippen LogP contribution is 2.27. The minimum absolute atomic E-state index is 0.737. The van der Waals surface area contributed by atoms with Gasteiger partial charge in [-0.2, -0.15) is 0 Å². The van der Waals surface area contributed by atoms with E-state index in [4.69, 9.17) is 4.98 Å². The summed E-state index contributed by atoms with van der Waals surface area (Å²) in [5.74, 6) is 1.87. The van der Waals surface area contributed by atoms with E-state index in [0.29, 0.717) is 0 Å². The molecule has 1 atom stereocenters. The molecular weight excluding hydrogens is 252 g/mol. The molecule has 1 unspecified atom stereocenters. The van der Waals surface area contributed by atoms with Gasteiger partial charge in [-0.15, -0.1) is 11.8 Å². The zero-order valence-corrected chi connectivity index (χ0v) is 12.8. The Morgan fingerprint density at radius 1 is 1.32 bits per heavy atom. The molecule has 2 aromatic rings. The van der Waals surface area contributed by atoms with E-state index in [0.717, 1.165) is 23.7 Å². The molecule has 0 aliphatic carbocycles. The van der Waals surface area contributed by atoms with Gasteiger partial charge in [0.05, 0.1) is 5.52 Å². The molecule has 0 bridgehead atoms. The van der Waals surface area contributed by atoms with E-state index in [9.17, 15) is 0 Å². The molecule has 0 spiro atoms. The van der Waals surface area contributed by atoms with Gasteiger partial charge in [-0.25, -0.2) is 4.98 Å². The molecule has 1 aromatic carbocycles. The Labute approximate surface area is 120 Å². The third-order valence-corrected chi connectivity index (χ3v) is 4.69. The normalized spacial score (nSPS) is 12.8. The standard InChI is InChI=1S/C16H22N2S/c1-4-12(2)11-19-16-14(10-17-3)9-13-7-5-6-8-15(13)18-16/h5-9,12,17H,4,10-11H2,1-3H3. The maximum Gasteiger partial charge on any atom is 0.101 e. The molecule has 0 saturated heterocycles. The number of hydrogen-bond donors (Lipinski definition) is 1. The molecule has 1 aromatic heterocycles. The smallest absolute Gasteiger partial charge is 0.101 e. The molecule has 0 radical (unpaired) electrons. The van der Waals surface area contributed by atoms with Crippen LogP contribution in [0, 0.1) is 5.92 Å². The van der Waals surface area contributed by atoms with Gasteiger partial charge >= 0.3 is 0 Å². The van der Waals surface area contributed by atoms with E-state index in [1.165, 1.54) is 22.4 Å². The van der Waals surface area contributed by atoms with Crippen molar-refractivity contribution in [1.29, 1.82) is 0 Å². The summed E-state index contributed by atoms with van der Waals surface area (Å²) < 4.78 is 0. The molecular formula is C16H22N2S. The van der Waals surface area contributed by atoms with E-state index in [1.54, 1.807) is 0 Å². The summed E-state index contributed by atoms with van der Waals surface area (Å²) in [4.78, 5) is 4.82. The highest BCUT2D eigenvalue weighted by molar-refractivity contribution is 7.99. The second-order valence-electron chi connectivity index (χ2n) is 5.00. The topological polar surface area (TPSA) is 24.9 Å². The van der Waals surface area contributed by atoms with Crippen molar-refractivity contribution in [3.8, 4) is 0 Å². The number of hydrogen-bond acceptors (Lipinski definition) is 3. The van der Waals surface area contributed by atoms with E-state index in [1.807, 2.05) is 18.8 Å². The predicted molar refractivity (Wildman–Crippen MR) is 84.7 cm³/mol. The van der Waals surface area contributed by atoms with Crippen LogP contribution in [-0.4, -0.2) is 17.8 Å². The fraction of sp³-hybridized carbons (Fsp3) is 0.438. The largest absolute Gasteiger partial charge is 0.316 e. The average Bonchev–Trinajstić information content (AvgIpc) is 2.45. The fourth-order valence-corrected chi connectivity index (χ4v) is 3.08. The third kappa shape index (κ3) is 3.71. The maximum atomic E-state index is 4.82. The maximum absolute atomic E-state index is 4.82. The van der Waals surface area contributed by atoms with Crippen molar-refractivity contribution in [2.24, 2.45) is 5.92 Å². The van der Waals surface area contributed by atoms with Gasteiger partial charge < -0.3 is 5.32 Å². The Morgan fingerprint density at radius 3 is 2.84 bits per heavy atom. The Balaban J connectivity index is 2.30. The minimum atomic E-state index is 0.737. The lowest BCUT2D eigenvalue weighted by atomic mass is 10.1. The second-order valence-corrected chi connectivity index (χ2v) is 6.01. The summed E-state index contributed by atoms with van der Waals surface area (Å²) in [6.07, 6.45) is 1.22. The first-order valence-corrected chi connectivity index (χ1v) is 7.89. The van der Waals surface area contributed by atoms with Gasteiger partial charge in [0.15, 0.2) is 0 Å². The lowest BCUT2D eigenvalue weighted by Crippen LogP contribution is -2.08.